The van der Waals surface area contributed by atoms with Crippen LogP contribution in [0.5, 0.6) is 5.75 Å². The minimum Gasteiger partial charge on any atom is -0.506 e. The van der Waals surface area contributed by atoms with Gasteiger partial charge < -0.3 is 10.4 Å². The lowest BCUT2D eigenvalue weighted by atomic mass is 10.1. The summed E-state index contributed by atoms with van der Waals surface area (Å²) in [5, 5.41) is 13.2. The van der Waals surface area contributed by atoms with Gasteiger partial charge in [0, 0.05) is 6.04 Å². The maximum Gasteiger partial charge on any atom is 0.138 e. The average molecular weight is 221 g/mol. The topological polar surface area (TPSA) is 32.3 Å². The van der Waals surface area contributed by atoms with Gasteiger partial charge in [0.05, 0.1) is 5.69 Å². The number of anilines is 1. The second kappa shape index (κ2) is 6.41. The van der Waals surface area contributed by atoms with E-state index < -0.39 is 0 Å². The molecule has 1 aromatic rings. The molecule has 2 nitrogen and oxygen atoms in total. The molecule has 0 saturated heterocycles. The fourth-order valence-electron chi connectivity index (χ4n) is 1.88. The Hall–Kier alpha value is -1.18. The van der Waals surface area contributed by atoms with Gasteiger partial charge in [-0.25, -0.2) is 0 Å². The molecule has 0 amide bonds. The van der Waals surface area contributed by atoms with Crippen molar-refractivity contribution in [3.05, 3.63) is 23.8 Å². The minimum absolute atomic E-state index is 0.364. The Balaban J connectivity index is 2.71. The summed E-state index contributed by atoms with van der Waals surface area (Å²) in [5.41, 5.74) is 2.09. The molecule has 0 radical (unpaired) electrons. The molecule has 0 spiro atoms. The standard InChI is InChI=1S/C14H23NO/c1-4-6-8-11(3)15-14-12(5-2)9-7-10-13(14)16/h7,9-11,15-16H,4-6,8H2,1-3H3. The van der Waals surface area contributed by atoms with Crippen molar-refractivity contribution in [1.29, 1.82) is 0 Å². The van der Waals surface area contributed by atoms with Crippen LogP contribution in [0.25, 0.3) is 0 Å². The fourth-order valence-corrected chi connectivity index (χ4v) is 1.88. The van der Waals surface area contributed by atoms with Crippen LogP contribution in [0.4, 0.5) is 5.69 Å². The van der Waals surface area contributed by atoms with E-state index in [-0.39, 0.29) is 0 Å². The fraction of sp³-hybridized carbons (Fsp3) is 0.571. The van der Waals surface area contributed by atoms with E-state index in [1.807, 2.05) is 6.07 Å². The van der Waals surface area contributed by atoms with Gasteiger partial charge in [-0.3, -0.25) is 0 Å². The Morgan fingerprint density at radius 1 is 1.31 bits per heavy atom. The molecule has 0 aromatic heterocycles. The van der Waals surface area contributed by atoms with Gasteiger partial charge in [-0.2, -0.15) is 0 Å². The zero-order valence-electron chi connectivity index (χ0n) is 10.6. The van der Waals surface area contributed by atoms with E-state index in [1.54, 1.807) is 6.07 Å². The molecule has 0 heterocycles. The maximum atomic E-state index is 9.83. The van der Waals surface area contributed by atoms with Crippen LogP contribution in [0.15, 0.2) is 18.2 Å². The lowest BCUT2D eigenvalue weighted by Gasteiger charge is -2.18. The second-order valence-corrected chi connectivity index (χ2v) is 4.35. The van der Waals surface area contributed by atoms with Crippen LogP contribution in [0.1, 0.15) is 45.6 Å². The summed E-state index contributed by atoms with van der Waals surface area (Å²) in [6, 6.07) is 6.12. The highest BCUT2D eigenvalue weighted by molar-refractivity contribution is 5.61. The van der Waals surface area contributed by atoms with Gasteiger partial charge in [0.25, 0.3) is 0 Å². The normalized spacial score (nSPS) is 12.4. The Kier molecular flexibility index (Phi) is 5.17. The van der Waals surface area contributed by atoms with Gasteiger partial charge in [-0.05, 0) is 31.4 Å². The van der Waals surface area contributed by atoms with Crippen molar-refractivity contribution >= 4 is 5.69 Å². The Morgan fingerprint density at radius 3 is 2.69 bits per heavy atom. The van der Waals surface area contributed by atoms with Gasteiger partial charge in [0.2, 0.25) is 0 Å². The molecule has 0 saturated carbocycles. The predicted octanol–water partition coefficient (Wildman–Crippen LogP) is 3.95. The quantitative estimate of drug-likeness (QED) is 0.713. The number of rotatable bonds is 6. The molecule has 1 aromatic carbocycles. The summed E-state index contributed by atoms with van der Waals surface area (Å²) in [7, 11) is 0. The first-order valence-electron chi connectivity index (χ1n) is 6.26. The Morgan fingerprint density at radius 2 is 2.06 bits per heavy atom. The molecular formula is C14H23NO. The van der Waals surface area contributed by atoms with Crippen molar-refractivity contribution in [2.45, 2.75) is 52.5 Å². The summed E-state index contributed by atoms with van der Waals surface area (Å²) >= 11 is 0. The van der Waals surface area contributed by atoms with E-state index in [0.717, 1.165) is 18.5 Å². The predicted molar refractivity (Wildman–Crippen MR) is 70.1 cm³/mol. The number of aryl methyl sites for hydroxylation is 1. The van der Waals surface area contributed by atoms with E-state index in [9.17, 15) is 5.11 Å². The maximum absolute atomic E-state index is 9.83. The number of benzene rings is 1. The first-order chi connectivity index (χ1) is 7.69. The highest BCUT2D eigenvalue weighted by atomic mass is 16.3. The van der Waals surface area contributed by atoms with Crippen molar-refractivity contribution in [1.82, 2.24) is 0 Å². The highest BCUT2D eigenvalue weighted by Gasteiger charge is 2.09. The van der Waals surface area contributed by atoms with Crippen LogP contribution < -0.4 is 5.32 Å². The summed E-state index contributed by atoms with van der Waals surface area (Å²) in [6.45, 7) is 6.47. The van der Waals surface area contributed by atoms with Crippen LogP contribution in [-0.2, 0) is 6.42 Å². The van der Waals surface area contributed by atoms with Crippen LogP contribution >= 0.6 is 0 Å². The zero-order valence-corrected chi connectivity index (χ0v) is 10.6. The molecule has 0 fully saturated rings. The van der Waals surface area contributed by atoms with E-state index in [0.29, 0.717) is 11.8 Å². The third-order valence-electron chi connectivity index (χ3n) is 2.89. The summed E-state index contributed by atoms with van der Waals surface area (Å²) in [6.07, 6.45) is 4.53. The Labute approximate surface area is 98.7 Å². The molecule has 2 heteroatoms. The van der Waals surface area contributed by atoms with E-state index >= 15 is 0 Å². The minimum atomic E-state index is 0.364. The zero-order chi connectivity index (χ0) is 12.0. The molecule has 0 aliphatic carbocycles. The van der Waals surface area contributed by atoms with Crippen LogP contribution in [0.3, 0.4) is 0 Å². The van der Waals surface area contributed by atoms with E-state index in [2.05, 4.69) is 32.2 Å². The smallest absolute Gasteiger partial charge is 0.138 e. The highest BCUT2D eigenvalue weighted by Crippen LogP contribution is 2.28. The average Bonchev–Trinajstić information content (AvgIpc) is 2.29. The van der Waals surface area contributed by atoms with Crippen molar-refractivity contribution in [3.8, 4) is 5.75 Å². The Bertz CT molecular complexity index is 323. The monoisotopic (exact) mass is 221 g/mol. The SMILES string of the molecule is CCCCC(C)Nc1c(O)cccc1CC. The number of aromatic hydroxyl groups is 1. The molecule has 2 N–H and O–H groups in total. The lowest BCUT2D eigenvalue weighted by molar-refractivity contribution is 0.475. The van der Waals surface area contributed by atoms with Crippen LogP contribution in [0, 0.1) is 0 Å². The molecule has 16 heavy (non-hydrogen) atoms. The number of hydrogen-bond donors (Lipinski definition) is 2. The number of phenols is 1. The number of nitrogens with one attached hydrogen (secondary N) is 1. The van der Waals surface area contributed by atoms with Crippen molar-refractivity contribution in [3.63, 3.8) is 0 Å². The van der Waals surface area contributed by atoms with Crippen LogP contribution in [-0.4, -0.2) is 11.1 Å². The van der Waals surface area contributed by atoms with Gasteiger partial charge in [0.1, 0.15) is 5.75 Å². The third kappa shape index (κ3) is 3.44. The van der Waals surface area contributed by atoms with Gasteiger partial charge in [-0.15, -0.1) is 0 Å². The molecule has 0 aliphatic heterocycles. The van der Waals surface area contributed by atoms with Crippen molar-refractivity contribution in [2.24, 2.45) is 0 Å². The number of unbranched alkanes of at least 4 members (excludes halogenated alkanes) is 1. The van der Waals surface area contributed by atoms with Crippen LogP contribution in [0.2, 0.25) is 0 Å². The molecule has 1 atom stereocenters. The number of hydrogen-bond acceptors (Lipinski definition) is 2. The van der Waals surface area contributed by atoms with E-state index in [1.165, 1.54) is 18.4 Å². The first-order valence-corrected chi connectivity index (χ1v) is 6.26. The van der Waals surface area contributed by atoms with Crippen molar-refractivity contribution in [2.75, 3.05) is 5.32 Å². The largest absolute Gasteiger partial charge is 0.506 e. The first kappa shape index (κ1) is 12.9. The van der Waals surface area contributed by atoms with Crippen molar-refractivity contribution < 1.29 is 5.11 Å². The molecule has 90 valence electrons. The number of phenolic OH excluding ortho intramolecular Hbond substituents is 1. The van der Waals surface area contributed by atoms with E-state index in [4.69, 9.17) is 0 Å². The summed E-state index contributed by atoms with van der Waals surface area (Å²) in [5.74, 6) is 0.364. The van der Waals surface area contributed by atoms with Gasteiger partial charge >= 0.3 is 0 Å². The summed E-state index contributed by atoms with van der Waals surface area (Å²) < 4.78 is 0. The molecule has 1 unspecified atom stereocenters. The van der Waals surface area contributed by atoms with Gasteiger partial charge in [0.15, 0.2) is 0 Å². The second-order valence-electron chi connectivity index (χ2n) is 4.35. The summed E-state index contributed by atoms with van der Waals surface area (Å²) in [4.78, 5) is 0. The molecule has 0 aliphatic rings. The lowest BCUT2D eigenvalue weighted by Crippen LogP contribution is -2.16. The number of para-hydroxylation sites is 1. The van der Waals surface area contributed by atoms with Gasteiger partial charge in [-0.1, -0.05) is 38.8 Å². The molecular weight excluding hydrogens is 198 g/mol. The molecule has 0 bridgehead atoms. The third-order valence-corrected chi connectivity index (χ3v) is 2.89. The molecule has 1 rings (SSSR count).